The number of hydrogen-bond donors (Lipinski definition) is 1. The van der Waals surface area contributed by atoms with E-state index in [0.29, 0.717) is 6.61 Å². The maximum absolute atomic E-state index is 6.36. The summed E-state index contributed by atoms with van der Waals surface area (Å²) in [6, 6.07) is 14.5. The maximum atomic E-state index is 6.36. The summed E-state index contributed by atoms with van der Waals surface area (Å²) >= 11 is 0. The third-order valence-electron chi connectivity index (χ3n) is 4.00. The molecule has 110 valence electrons. The molecule has 0 aromatic heterocycles. The van der Waals surface area contributed by atoms with Crippen LogP contribution in [0, 0.1) is 6.92 Å². The second-order valence-electron chi connectivity index (χ2n) is 5.62. The van der Waals surface area contributed by atoms with Gasteiger partial charge in [0.05, 0.1) is 6.61 Å². The van der Waals surface area contributed by atoms with E-state index < -0.39 is 0 Å². The third kappa shape index (κ3) is 2.80. The summed E-state index contributed by atoms with van der Waals surface area (Å²) in [5.41, 5.74) is 11.0. The molecule has 21 heavy (non-hydrogen) atoms. The highest BCUT2D eigenvalue weighted by atomic mass is 16.5. The third-order valence-corrected chi connectivity index (χ3v) is 4.00. The molecule has 1 heterocycles. The van der Waals surface area contributed by atoms with Crippen molar-refractivity contribution < 1.29 is 9.47 Å². The van der Waals surface area contributed by atoms with Crippen LogP contribution in [0.25, 0.3) is 0 Å². The number of rotatable bonds is 3. The first-order valence-corrected chi connectivity index (χ1v) is 7.28. The van der Waals surface area contributed by atoms with E-state index in [1.54, 1.807) is 7.11 Å². The van der Waals surface area contributed by atoms with Gasteiger partial charge in [-0.3, -0.25) is 0 Å². The summed E-state index contributed by atoms with van der Waals surface area (Å²) in [7, 11) is 1.71. The molecule has 1 aliphatic heterocycles. The lowest BCUT2D eigenvalue weighted by molar-refractivity contribution is 0.151. The number of hydrogen-bond acceptors (Lipinski definition) is 3. The highest BCUT2D eigenvalue weighted by Crippen LogP contribution is 2.40. The van der Waals surface area contributed by atoms with Gasteiger partial charge in [0.25, 0.3) is 0 Å². The molecule has 1 unspecified atom stereocenters. The molecule has 0 radical (unpaired) electrons. The SMILES string of the molecule is COCc1ccccc1C1C[C@H](N)c2cc(C)ccc2O1. The van der Waals surface area contributed by atoms with Gasteiger partial charge in [-0.15, -0.1) is 0 Å². The van der Waals surface area contributed by atoms with Gasteiger partial charge in [0, 0.05) is 25.1 Å². The quantitative estimate of drug-likeness (QED) is 0.934. The van der Waals surface area contributed by atoms with E-state index in [-0.39, 0.29) is 12.1 Å². The van der Waals surface area contributed by atoms with Crippen LogP contribution in [-0.2, 0) is 11.3 Å². The van der Waals surface area contributed by atoms with Gasteiger partial charge in [0.2, 0.25) is 0 Å². The van der Waals surface area contributed by atoms with Crippen LogP contribution >= 0.6 is 0 Å². The fraction of sp³-hybridized carbons (Fsp3) is 0.333. The van der Waals surface area contributed by atoms with Crippen molar-refractivity contribution >= 4 is 0 Å². The number of methoxy groups -OCH3 is 1. The van der Waals surface area contributed by atoms with Gasteiger partial charge < -0.3 is 15.2 Å². The predicted molar refractivity (Wildman–Crippen MR) is 83.2 cm³/mol. The van der Waals surface area contributed by atoms with Gasteiger partial charge in [0.15, 0.2) is 0 Å². The Hall–Kier alpha value is -1.84. The summed E-state index contributed by atoms with van der Waals surface area (Å²) < 4.78 is 11.5. The average molecular weight is 283 g/mol. The lowest BCUT2D eigenvalue weighted by Gasteiger charge is -2.31. The van der Waals surface area contributed by atoms with E-state index in [9.17, 15) is 0 Å². The van der Waals surface area contributed by atoms with E-state index in [0.717, 1.165) is 23.3 Å². The van der Waals surface area contributed by atoms with Crippen LogP contribution in [0.15, 0.2) is 42.5 Å². The fourth-order valence-electron chi connectivity index (χ4n) is 2.95. The Bertz CT molecular complexity index is 639. The Morgan fingerprint density at radius 2 is 2.00 bits per heavy atom. The molecule has 2 N–H and O–H groups in total. The summed E-state index contributed by atoms with van der Waals surface area (Å²) in [4.78, 5) is 0. The van der Waals surface area contributed by atoms with Gasteiger partial charge in [-0.2, -0.15) is 0 Å². The van der Waals surface area contributed by atoms with Crippen molar-refractivity contribution in [3.8, 4) is 5.75 Å². The van der Waals surface area contributed by atoms with E-state index >= 15 is 0 Å². The topological polar surface area (TPSA) is 44.5 Å². The minimum Gasteiger partial charge on any atom is -0.485 e. The normalized spacial score (nSPS) is 20.7. The number of benzene rings is 2. The number of nitrogens with two attached hydrogens (primary N) is 1. The molecule has 0 amide bonds. The molecule has 2 aromatic rings. The zero-order chi connectivity index (χ0) is 14.8. The molecule has 1 aliphatic rings. The van der Waals surface area contributed by atoms with Crippen LogP contribution in [0.1, 0.15) is 40.8 Å². The second kappa shape index (κ2) is 5.88. The molecule has 0 bridgehead atoms. The van der Waals surface area contributed by atoms with Crippen LogP contribution in [-0.4, -0.2) is 7.11 Å². The number of aryl methyl sites for hydroxylation is 1. The highest BCUT2D eigenvalue weighted by Gasteiger charge is 2.28. The van der Waals surface area contributed by atoms with Crippen molar-refractivity contribution in [3.63, 3.8) is 0 Å². The van der Waals surface area contributed by atoms with Crippen molar-refractivity contribution in [2.45, 2.75) is 32.1 Å². The molecule has 0 saturated heterocycles. The molecule has 0 saturated carbocycles. The Labute approximate surface area is 125 Å². The van der Waals surface area contributed by atoms with Gasteiger partial charge in [-0.1, -0.05) is 42.0 Å². The lowest BCUT2D eigenvalue weighted by atomic mass is 9.91. The Balaban J connectivity index is 1.94. The van der Waals surface area contributed by atoms with Gasteiger partial charge in [-0.05, 0) is 24.1 Å². The van der Waals surface area contributed by atoms with E-state index in [4.69, 9.17) is 15.2 Å². The molecule has 3 rings (SSSR count). The van der Waals surface area contributed by atoms with E-state index in [1.165, 1.54) is 11.1 Å². The zero-order valence-electron chi connectivity index (χ0n) is 12.5. The van der Waals surface area contributed by atoms with E-state index in [1.807, 2.05) is 18.2 Å². The van der Waals surface area contributed by atoms with Crippen LogP contribution in [0.5, 0.6) is 5.75 Å². The molecule has 3 heteroatoms. The highest BCUT2D eigenvalue weighted by molar-refractivity contribution is 5.42. The van der Waals surface area contributed by atoms with Crippen molar-refractivity contribution in [3.05, 3.63) is 64.7 Å². The monoisotopic (exact) mass is 283 g/mol. The summed E-state index contributed by atoms with van der Waals surface area (Å²) in [5.74, 6) is 0.900. The Morgan fingerprint density at radius 1 is 1.19 bits per heavy atom. The minimum atomic E-state index is -0.0124. The Kier molecular flexibility index (Phi) is 3.95. The lowest BCUT2D eigenvalue weighted by Crippen LogP contribution is -2.25. The largest absolute Gasteiger partial charge is 0.485 e. The van der Waals surface area contributed by atoms with Crippen LogP contribution in [0.3, 0.4) is 0 Å². The van der Waals surface area contributed by atoms with Crippen LogP contribution in [0.4, 0.5) is 0 Å². The van der Waals surface area contributed by atoms with Crippen molar-refractivity contribution in [2.24, 2.45) is 5.73 Å². The summed E-state index contributed by atoms with van der Waals surface area (Å²) in [6.07, 6.45) is 0.776. The minimum absolute atomic E-state index is 0.00857. The maximum Gasteiger partial charge on any atom is 0.126 e. The first-order chi connectivity index (χ1) is 10.2. The Morgan fingerprint density at radius 3 is 2.81 bits per heavy atom. The first kappa shape index (κ1) is 14.1. The zero-order valence-corrected chi connectivity index (χ0v) is 12.5. The predicted octanol–water partition coefficient (Wildman–Crippen LogP) is 3.67. The first-order valence-electron chi connectivity index (χ1n) is 7.28. The van der Waals surface area contributed by atoms with Gasteiger partial charge >= 0.3 is 0 Å². The molecule has 0 fully saturated rings. The van der Waals surface area contributed by atoms with E-state index in [2.05, 4.69) is 31.2 Å². The van der Waals surface area contributed by atoms with Crippen molar-refractivity contribution in [2.75, 3.05) is 7.11 Å². The molecule has 0 aliphatic carbocycles. The molecular weight excluding hydrogens is 262 g/mol. The molecule has 3 nitrogen and oxygen atoms in total. The van der Waals surface area contributed by atoms with Crippen molar-refractivity contribution in [1.82, 2.24) is 0 Å². The average Bonchev–Trinajstić information content (AvgIpc) is 2.49. The summed E-state index contributed by atoms with van der Waals surface area (Å²) in [5, 5.41) is 0. The molecular formula is C18H21NO2. The number of fused-ring (bicyclic) bond motifs is 1. The van der Waals surface area contributed by atoms with Gasteiger partial charge in [-0.25, -0.2) is 0 Å². The number of ether oxygens (including phenoxy) is 2. The molecule has 0 spiro atoms. The van der Waals surface area contributed by atoms with Crippen molar-refractivity contribution in [1.29, 1.82) is 0 Å². The fourth-order valence-corrected chi connectivity index (χ4v) is 2.95. The van der Waals surface area contributed by atoms with Crippen LogP contribution in [0.2, 0.25) is 0 Å². The summed E-state index contributed by atoms with van der Waals surface area (Å²) in [6.45, 7) is 2.67. The smallest absolute Gasteiger partial charge is 0.126 e. The second-order valence-corrected chi connectivity index (χ2v) is 5.62. The standard InChI is InChI=1S/C18H21NO2/c1-12-7-8-17-15(9-12)16(19)10-18(21-17)14-6-4-3-5-13(14)11-20-2/h3-9,16,18H,10-11,19H2,1-2H3/t16-,18?/m0/s1. The van der Waals surface area contributed by atoms with Crippen LogP contribution < -0.4 is 10.5 Å². The molecule has 2 atom stereocenters. The molecule has 2 aromatic carbocycles. The van der Waals surface area contributed by atoms with Gasteiger partial charge in [0.1, 0.15) is 11.9 Å².